The van der Waals surface area contributed by atoms with Gasteiger partial charge in [0.05, 0.1) is 18.1 Å². The number of aliphatic hydroxyl groups is 1. The number of aliphatic hydroxyl groups excluding tert-OH is 1. The van der Waals surface area contributed by atoms with Crippen molar-refractivity contribution >= 4 is 17.8 Å². The van der Waals surface area contributed by atoms with Crippen molar-refractivity contribution in [3.63, 3.8) is 0 Å². The summed E-state index contributed by atoms with van der Waals surface area (Å²) in [5.41, 5.74) is -1.82. The average molecular weight is 465 g/mol. The SMILES string of the molecule is CCOC(=O)[C@H]1[C@H]2C(=O)N(CCCCCO)C(C(=O)NC3CCCCC3)C23CC(C)[C@]1(C)O3. The first-order valence-electron chi connectivity index (χ1n) is 12.9. The molecule has 2 amide bonds. The predicted octanol–water partition coefficient (Wildman–Crippen LogP) is 2.17. The third-order valence-electron chi connectivity index (χ3n) is 8.61. The lowest BCUT2D eigenvalue weighted by Gasteiger charge is -2.36. The second-order valence-electron chi connectivity index (χ2n) is 10.6. The average Bonchev–Trinajstić information content (AvgIpc) is 3.29. The zero-order valence-corrected chi connectivity index (χ0v) is 20.3. The quantitative estimate of drug-likeness (QED) is 0.400. The van der Waals surface area contributed by atoms with Crippen LogP contribution in [0.2, 0.25) is 0 Å². The number of hydrogen-bond donors (Lipinski definition) is 2. The Morgan fingerprint density at radius 2 is 1.94 bits per heavy atom. The Hall–Kier alpha value is -1.67. The van der Waals surface area contributed by atoms with E-state index in [0.29, 0.717) is 25.8 Å². The number of rotatable bonds is 9. The van der Waals surface area contributed by atoms with Crippen LogP contribution in [0.4, 0.5) is 0 Å². The highest BCUT2D eigenvalue weighted by atomic mass is 16.6. The summed E-state index contributed by atoms with van der Waals surface area (Å²) < 4.78 is 12.0. The number of hydrogen-bond acceptors (Lipinski definition) is 6. The van der Waals surface area contributed by atoms with Crippen molar-refractivity contribution in [2.45, 2.75) is 102 Å². The maximum atomic E-state index is 13.8. The van der Waals surface area contributed by atoms with Gasteiger partial charge in [-0.05, 0) is 58.3 Å². The maximum absolute atomic E-state index is 13.8. The van der Waals surface area contributed by atoms with Crippen molar-refractivity contribution in [3.05, 3.63) is 0 Å². The second kappa shape index (κ2) is 9.53. The van der Waals surface area contributed by atoms with Crippen LogP contribution < -0.4 is 5.32 Å². The molecule has 0 aromatic heterocycles. The molecule has 3 aliphatic heterocycles. The van der Waals surface area contributed by atoms with E-state index in [1.807, 2.05) is 13.8 Å². The fourth-order valence-electron chi connectivity index (χ4n) is 6.97. The summed E-state index contributed by atoms with van der Waals surface area (Å²) in [5, 5.41) is 12.4. The first kappa shape index (κ1) is 24.5. The Kier molecular flexibility index (Phi) is 7.06. The Bertz CT molecular complexity index is 768. The highest BCUT2D eigenvalue weighted by Gasteiger charge is 2.80. The third-order valence-corrected chi connectivity index (χ3v) is 8.61. The van der Waals surface area contributed by atoms with Gasteiger partial charge in [-0.25, -0.2) is 0 Å². The van der Waals surface area contributed by atoms with Crippen LogP contribution in [0.5, 0.6) is 0 Å². The molecule has 2 N–H and O–H groups in total. The summed E-state index contributed by atoms with van der Waals surface area (Å²) in [7, 11) is 0. The minimum absolute atomic E-state index is 0.0234. The zero-order valence-electron chi connectivity index (χ0n) is 20.3. The lowest BCUT2D eigenvalue weighted by atomic mass is 9.62. The molecule has 4 fully saturated rings. The van der Waals surface area contributed by atoms with Crippen molar-refractivity contribution in [1.82, 2.24) is 10.2 Å². The number of esters is 1. The smallest absolute Gasteiger partial charge is 0.312 e. The minimum atomic E-state index is -1.00. The largest absolute Gasteiger partial charge is 0.466 e. The Labute approximate surface area is 196 Å². The van der Waals surface area contributed by atoms with Gasteiger partial charge in [0.1, 0.15) is 17.6 Å². The van der Waals surface area contributed by atoms with Gasteiger partial charge >= 0.3 is 5.97 Å². The van der Waals surface area contributed by atoms with Crippen LogP contribution in [0.3, 0.4) is 0 Å². The standard InChI is InChI=1S/C25H40N2O6/c1-4-32-23(31)19-18-22(30)27(13-9-6-10-14-28)20(21(29)26-17-11-7-5-8-12-17)25(18)15-16(2)24(19,3)33-25/h16-20,28H,4-15H2,1-3H3,(H,26,29)/t16?,18-,19+,20?,24-,25?/m0/s1. The van der Waals surface area contributed by atoms with E-state index in [9.17, 15) is 14.4 Å². The van der Waals surface area contributed by atoms with Gasteiger partial charge in [-0.1, -0.05) is 26.2 Å². The molecule has 186 valence electrons. The van der Waals surface area contributed by atoms with Gasteiger partial charge in [0.15, 0.2) is 0 Å². The number of carbonyl (C=O) groups excluding carboxylic acids is 3. The number of ether oxygens (including phenoxy) is 2. The third kappa shape index (κ3) is 3.97. The normalized spacial score (nSPS) is 37.9. The van der Waals surface area contributed by atoms with Crippen molar-refractivity contribution in [2.24, 2.45) is 17.8 Å². The summed E-state index contributed by atoms with van der Waals surface area (Å²) in [4.78, 5) is 42.3. The van der Waals surface area contributed by atoms with Crippen molar-refractivity contribution < 1.29 is 29.0 Å². The van der Waals surface area contributed by atoms with Gasteiger partial charge in [-0.3, -0.25) is 14.4 Å². The van der Waals surface area contributed by atoms with Crippen molar-refractivity contribution in [3.8, 4) is 0 Å². The van der Waals surface area contributed by atoms with Crippen LogP contribution in [-0.2, 0) is 23.9 Å². The van der Waals surface area contributed by atoms with Gasteiger partial charge in [0, 0.05) is 19.2 Å². The molecule has 0 aromatic carbocycles. The van der Waals surface area contributed by atoms with Gasteiger partial charge in [0.25, 0.3) is 0 Å². The molecule has 4 aliphatic rings. The molecule has 0 radical (unpaired) electrons. The van der Waals surface area contributed by atoms with E-state index in [4.69, 9.17) is 14.6 Å². The van der Waals surface area contributed by atoms with Gasteiger partial charge in [-0.15, -0.1) is 0 Å². The van der Waals surface area contributed by atoms with E-state index in [2.05, 4.69) is 5.32 Å². The molecule has 1 saturated carbocycles. The lowest BCUT2D eigenvalue weighted by Crippen LogP contribution is -2.57. The monoisotopic (exact) mass is 464 g/mol. The zero-order chi connectivity index (χ0) is 23.8. The molecule has 2 bridgehead atoms. The van der Waals surface area contributed by atoms with Crippen molar-refractivity contribution in [2.75, 3.05) is 19.8 Å². The molecule has 4 rings (SSSR count). The van der Waals surface area contributed by atoms with Crippen molar-refractivity contribution in [1.29, 1.82) is 0 Å². The second-order valence-corrected chi connectivity index (χ2v) is 10.6. The van der Waals surface area contributed by atoms with Crippen LogP contribution in [-0.4, -0.2) is 70.8 Å². The molecule has 3 unspecified atom stereocenters. The summed E-state index contributed by atoms with van der Waals surface area (Å²) in [6, 6.07) is -0.615. The van der Waals surface area contributed by atoms with E-state index >= 15 is 0 Å². The first-order valence-corrected chi connectivity index (χ1v) is 12.9. The number of carbonyl (C=O) groups is 3. The molecular formula is C25H40N2O6. The van der Waals surface area contributed by atoms with Crippen LogP contribution in [0, 0.1) is 17.8 Å². The van der Waals surface area contributed by atoms with Gasteiger partial charge < -0.3 is 24.8 Å². The maximum Gasteiger partial charge on any atom is 0.312 e. The fourth-order valence-corrected chi connectivity index (χ4v) is 6.97. The van der Waals surface area contributed by atoms with Gasteiger partial charge in [-0.2, -0.15) is 0 Å². The Morgan fingerprint density at radius 1 is 1.21 bits per heavy atom. The molecule has 3 saturated heterocycles. The number of nitrogens with one attached hydrogen (secondary N) is 1. The van der Waals surface area contributed by atoms with E-state index in [0.717, 1.165) is 32.1 Å². The number of fused-ring (bicyclic) bond motifs is 1. The summed E-state index contributed by atoms with van der Waals surface area (Å²) >= 11 is 0. The van der Waals surface area contributed by atoms with Crippen LogP contribution in [0.1, 0.15) is 78.6 Å². The summed E-state index contributed by atoms with van der Waals surface area (Å²) in [6.45, 7) is 6.48. The fraction of sp³-hybridized carbons (Fsp3) is 0.880. The van der Waals surface area contributed by atoms with E-state index in [-0.39, 0.29) is 37.0 Å². The van der Waals surface area contributed by atoms with Crippen LogP contribution in [0.15, 0.2) is 0 Å². The summed E-state index contributed by atoms with van der Waals surface area (Å²) in [5.74, 6) is -2.10. The molecular weight excluding hydrogens is 424 g/mol. The topological polar surface area (TPSA) is 105 Å². The predicted molar refractivity (Wildman–Crippen MR) is 121 cm³/mol. The number of amides is 2. The molecule has 8 heteroatoms. The van der Waals surface area contributed by atoms with E-state index in [1.54, 1.807) is 11.8 Å². The number of nitrogens with zero attached hydrogens (tertiary/aromatic N) is 1. The van der Waals surface area contributed by atoms with Gasteiger partial charge in [0.2, 0.25) is 11.8 Å². The first-order chi connectivity index (χ1) is 15.8. The highest BCUT2D eigenvalue weighted by Crippen LogP contribution is 2.65. The number of unbranched alkanes of at least 4 members (excludes halogenated alkanes) is 2. The lowest BCUT2D eigenvalue weighted by molar-refractivity contribution is -0.161. The molecule has 3 heterocycles. The number of likely N-dealkylation sites (tertiary alicyclic amines) is 1. The Morgan fingerprint density at radius 3 is 2.61 bits per heavy atom. The summed E-state index contributed by atoms with van der Waals surface area (Å²) in [6.07, 6.45) is 8.01. The molecule has 1 aliphatic carbocycles. The van der Waals surface area contributed by atoms with E-state index in [1.165, 1.54) is 6.42 Å². The minimum Gasteiger partial charge on any atom is -0.466 e. The van der Waals surface area contributed by atoms with E-state index < -0.39 is 35.0 Å². The Balaban J connectivity index is 1.66. The van der Waals surface area contributed by atoms with Crippen LogP contribution in [0.25, 0.3) is 0 Å². The van der Waals surface area contributed by atoms with Crippen LogP contribution >= 0.6 is 0 Å². The molecule has 1 spiro atoms. The highest BCUT2D eigenvalue weighted by molar-refractivity contribution is 5.98. The molecule has 6 atom stereocenters. The molecule has 8 nitrogen and oxygen atoms in total. The molecule has 0 aromatic rings. The molecule has 33 heavy (non-hydrogen) atoms.